The maximum Gasteiger partial charge on any atom is 0.257 e. The fourth-order valence-corrected chi connectivity index (χ4v) is 1.86. The molecule has 1 aromatic heterocycles. The molecule has 0 amide bonds. The quantitative estimate of drug-likeness (QED) is 0.834. The van der Waals surface area contributed by atoms with Crippen molar-refractivity contribution in [2.75, 3.05) is 32.8 Å². The SMILES string of the molecule is COc1nccnc1N[C@@H]1CCOC[C@H]1OC. The Morgan fingerprint density at radius 3 is 2.94 bits per heavy atom. The van der Waals surface area contributed by atoms with Crippen molar-refractivity contribution in [2.45, 2.75) is 18.6 Å². The van der Waals surface area contributed by atoms with Gasteiger partial charge in [0.05, 0.1) is 19.8 Å². The number of rotatable bonds is 4. The molecule has 1 aliphatic heterocycles. The maximum atomic E-state index is 5.37. The van der Waals surface area contributed by atoms with Gasteiger partial charge in [-0.2, -0.15) is 0 Å². The third kappa shape index (κ3) is 2.83. The van der Waals surface area contributed by atoms with Crippen LogP contribution < -0.4 is 10.1 Å². The highest BCUT2D eigenvalue weighted by molar-refractivity contribution is 5.45. The first-order valence-corrected chi connectivity index (χ1v) is 5.57. The highest BCUT2D eigenvalue weighted by atomic mass is 16.5. The summed E-state index contributed by atoms with van der Waals surface area (Å²) in [5, 5.41) is 3.30. The van der Waals surface area contributed by atoms with Gasteiger partial charge in [0.2, 0.25) is 0 Å². The number of hydrogen-bond acceptors (Lipinski definition) is 6. The average Bonchev–Trinajstić information content (AvgIpc) is 2.40. The normalized spacial score (nSPS) is 24.4. The monoisotopic (exact) mass is 239 g/mol. The van der Waals surface area contributed by atoms with Gasteiger partial charge in [0.1, 0.15) is 6.10 Å². The Bertz CT molecular complexity index is 362. The first-order valence-electron chi connectivity index (χ1n) is 5.57. The van der Waals surface area contributed by atoms with Crippen molar-refractivity contribution in [1.29, 1.82) is 0 Å². The van der Waals surface area contributed by atoms with Crippen LogP contribution in [0.2, 0.25) is 0 Å². The fourth-order valence-electron chi connectivity index (χ4n) is 1.86. The van der Waals surface area contributed by atoms with Gasteiger partial charge in [-0.1, -0.05) is 0 Å². The zero-order chi connectivity index (χ0) is 12.1. The van der Waals surface area contributed by atoms with Crippen molar-refractivity contribution < 1.29 is 14.2 Å². The standard InChI is InChI=1S/C11H17N3O3/c1-15-9-7-17-6-3-8(9)14-10-11(16-2)13-5-4-12-10/h4-5,8-9H,3,6-7H2,1-2H3,(H,12,14)/t8-,9-/m1/s1. The van der Waals surface area contributed by atoms with Crippen LogP contribution in [0.25, 0.3) is 0 Å². The number of ether oxygens (including phenoxy) is 3. The Hall–Kier alpha value is -1.40. The van der Waals surface area contributed by atoms with Gasteiger partial charge in [0, 0.05) is 26.1 Å². The van der Waals surface area contributed by atoms with E-state index in [9.17, 15) is 0 Å². The van der Waals surface area contributed by atoms with Crippen LogP contribution in [0.3, 0.4) is 0 Å². The number of anilines is 1. The lowest BCUT2D eigenvalue weighted by molar-refractivity contribution is -0.0367. The number of hydrogen-bond donors (Lipinski definition) is 1. The van der Waals surface area contributed by atoms with Gasteiger partial charge >= 0.3 is 0 Å². The fraction of sp³-hybridized carbons (Fsp3) is 0.636. The van der Waals surface area contributed by atoms with E-state index in [0.29, 0.717) is 18.3 Å². The molecule has 2 atom stereocenters. The predicted octanol–water partition coefficient (Wildman–Crippen LogP) is 0.701. The molecule has 6 heteroatoms. The summed E-state index contributed by atoms with van der Waals surface area (Å²) in [6.45, 7) is 1.32. The molecule has 1 saturated heterocycles. The lowest BCUT2D eigenvalue weighted by atomic mass is 10.1. The molecule has 6 nitrogen and oxygen atoms in total. The summed E-state index contributed by atoms with van der Waals surface area (Å²) in [7, 11) is 3.26. The molecule has 2 rings (SSSR count). The van der Waals surface area contributed by atoms with E-state index in [1.54, 1.807) is 26.6 Å². The van der Waals surface area contributed by atoms with Crippen LogP contribution in [0.15, 0.2) is 12.4 Å². The Morgan fingerprint density at radius 2 is 2.18 bits per heavy atom. The number of aromatic nitrogens is 2. The van der Waals surface area contributed by atoms with Crippen LogP contribution >= 0.6 is 0 Å². The van der Waals surface area contributed by atoms with E-state index in [0.717, 1.165) is 13.0 Å². The topological polar surface area (TPSA) is 65.5 Å². The molecule has 1 aromatic rings. The van der Waals surface area contributed by atoms with E-state index >= 15 is 0 Å². The van der Waals surface area contributed by atoms with Crippen LogP contribution in [0.4, 0.5) is 5.82 Å². The predicted molar refractivity (Wildman–Crippen MR) is 62.2 cm³/mol. The first kappa shape index (κ1) is 12.1. The molecule has 1 fully saturated rings. The lowest BCUT2D eigenvalue weighted by Crippen LogP contribution is -2.43. The van der Waals surface area contributed by atoms with Gasteiger partial charge in [-0.3, -0.25) is 0 Å². The Labute approximate surface area is 100 Å². The van der Waals surface area contributed by atoms with E-state index in [-0.39, 0.29) is 12.1 Å². The van der Waals surface area contributed by atoms with Crippen LogP contribution in [0.1, 0.15) is 6.42 Å². The molecule has 1 N–H and O–H groups in total. The van der Waals surface area contributed by atoms with Crippen LogP contribution in [-0.2, 0) is 9.47 Å². The molecule has 0 aliphatic carbocycles. The Kier molecular flexibility index (Phi) is 4.11. The van der Waals surface area contributed by atoms with Crippen molar-refractivity contribution >= 4 is 5.82 Å². The summed E-state index contributed by atoms with van der Waals surface area (Å²) >= 11 is 0. The Morgan fingerprint density at radius 1 is 1.35 bits per heavy atom. The average molecular weight is 239 g/mol. The molecular formula is C11H17N3O3. The van der Waals surface area contributed by atoms with Crippen molar-refractivity contribution in [3.8, 4) is 5.88 Å². The van der Waals surface area contributed by atoms with Gasteiger partial charge in [-0.25, -0.2) is 9.97 Å². The molecule has 0 saturated carbocycles. The minimum absolute atomic E-state index is 0.0236. The molecule has 0 bridgehead atoms. The molecule has 0 spiro atoms. The molecule has 0 unspecified atom stereocenters. The van der Waals surface area contributed by atoms with E-state index in [4.69, 9.17) is 14.2 Å². The van der Waals surface area contributed by atoms with Gasteiger partial charge in [-0.15, -0.1) is 0 Å². The lowest BCUT2D eigenvalue weighted by Gasteiger charge is -2.31. The van der Waals surface area contributed by atoms with E-state index < -0.39 is 0 Å². The van der Waals surface area contributed by atoms with E-state index in [1.165, 1.54) is 0 Å². The van der Waals surface area contributed by atoms with Crippen LogP contribution in [-0.4, -0.2) is 49.5 Å². The smallest absolute Gasteiger partial charge is 0.257 e. The zero-order valence-electron chi connectivity index (χ0n) is 10.0. The second kappa shape index (κ2) is 5.79. The second-order valence-corrected chi connectivity index (χ2v) is 3.80. The highest BCUT2D eigenvalue weighted by Gasteiger charge is 2.26. The minimum Gasteiger partial charge on any atom is -0.478 e. The van der Waals surface area contributed by atoms with E-state index in [1.807, 2.05) is 0 Å². The molecule has 0 radical (unpaired) electrons. The molecule has 0 aromatic carbocycles. The van der Waals surface area contributed by atoms with Crippen LogP contribution in [0.5, 0.6) is 5.88 Å². The van der Waals surface area contributed by atoms with Crippen molar-refractivity contribution in [3.63, 3.8) is 0 Å². The van der Waals surface area contributed by atoms with E-state index in [2.05, 4.69) is 15.3 Å². The third-order valence-corrected chi connectivity index (χ3v) is 2.79. The minimum atomic E-state index is 0.0236. The van der Waals surface area contributed by atoms with Crippen LogP contribution in [0, 0.1) is 0 Å². The van der Waals surface area contributed by atoms with Crippen molar-refractivity contribution in [3.05, 3.63) is 12.4 Å². The molecule has 2 heterocycles. The largest absolute Gasteiger partial charge is 0.478 e. The summed E-state index contributed by atoms with van der Waals surface area (Å²) in [4.78, 5) is 8.31. The summed E-state index contributed by atoms with van der Waals surface area (Å²) in [5.74, 6) is 1.14. The van der Waals surface area contributed by atoms with Crippen molar-refractivity contribution in [1.82, 2.24) is 9.97 Å². The summed E-state index contributed by atoms with van der Waals surface area (Å²) in [5.41, 5.74) is 0. The molecular weight excluding hydrogens is 222 g/mol. The van der Waals surface area contributed by atoms with Crippen molar-refractivity contribution in [2.24, 2.45) is 0 Å². The van der Waals surface area contributed by atoms with Gasteiger partial charge in [0.25, 0.3) is 5.88 Å². The summed E-state index contributed by atoms with van der Waals surface area (Å²) in [6.07, 6.45) is 4.13. The van der Waals surface area contributed by atoms with Gasteiger partial charge in [0.15, 0.2) is 5.82 Å². The first-order chi connectivity index (χ1) is 8.35. The zero-order valence-corrected chi connectivity index (χ0v) is 10.0. The second-order valence-electron chi connectivity index (χ2n) is 3.80. The molecule has 1 aliphatic rings. The summed E-state index contributed by atoms with van der Waals surface area (Å²) in [6, 6.07) is 0.166. The molecule has 17 heavy (non-hydrogen) atoms. The molecule has 94 valence electrons. The Balaban J connectivity index is 2.08. The van der Waals surface area contributed by atoms with Gasteiger partial charge < -0.3 is 19.5 Å². The summed E-state index contributed by atoms with van der Waals surface area (Å²) < 4.78 is 15.9. The van der Waals surface area contributed by atoms with Gasteiger partial charge in [-0.05, 0) is 6.42 Å². The third-order valence-electron chi connectivity index (χ3n) is 2.79. The number of methoxy groups -OCH3 is 2. The maximum absolute atomic E-state index is 5.37. The number of nitrogens with one attached hydrogen (secondary N) is 1. The number of nitrogens with zero attached hydrogens (tertiary/aromatic N) is 2. The highest BCUT2D eigenvalue weighted by Crippen LogP contribution is 2.21.